The van der Waals surface area contributed by atoms with Crippen molar-refractivity contribution in [1.82, 2.24) is 4.90 Å². The van der Waals surface area contributed by atoms with Crippen LogP contribution in [0.2, 0.25) is 0 Å². The van der Waals surface area contributed by atoms with E-state index in [1.54, 1.807) is 0 Å². The van der Waals surface area contributed by atoms with E-state index in [1.807, 2.05) is 0 Å². The summed E-state index contributed by atoms with van der Waals surface area (Å²) in [5.41, 5.74) is 0. The standard InChI is InChI=1S/C37H71NO4/c1-5-8-11-13-14-15-18-22-27-35(42-37(40)34-30-38(4)31-34)28-23-19-16-17-20-24-29-36(39)41-32-33(25-10-7-3)26-21-12-9-6-2/h33-35H,5-32H2,1-4H3. The second-order valence-electron chi connectivity index (χ2n) is 13.4. The SMILES string of the molecule is CCCCCCCCCCC(CCCCCCCCC(=O)OCC(CCCC)CCCCCC)OC(=O)C1CN(C)C1. The zero-order chi connectivity index (χ0) is 30.7. The van der Waals surface area contributed by atoms with Crippen molar-refractivity contribution in [3.8, 4) is 0 Å². The molecule has 248 valence electrons. The minimum atomic E-state index is -0.00618. The second-order valence-corrected chi connectivity index (χ2v) is 13.4. The van der Waals surface area contributed by atoms with Crippen molar-refractivity contribution in [3.05, 3.63) is 0 Å². The highest BCUT2D eigenvalue weighted by atomic mass is 16.5. The van der Waals surface area contributed by atoms with Crippen molar-refractivity contribution >= 4 is 11.9 Å². The molecule has 0 saturated carbocycles. The minimum absolute atomic E-state index is 0.00618. The monoisotopic (exact) mass is 594 g/mol. The van der Waals surface area contributed by atoms with Crippen LogP contribution in [0.4, 0.5) is 0 Å². The van der Waals surface area contributed by atoms with Crippen molar-refractivity contribution in [1.29, 1.82) is 0 Å². The van der Waals surface area contributed by atoms with Gasteiger partial charge < -0.3 is 14.4 Å². The zero-order valence-corrected chi connectivity index (χ0v) is 28.6. The molecular weight excluding hydrogens is 522 g/mol. The molecule has 0 spiro atoms. The highest BCUT2D eigenvalue weighted by molar-refractivity contribution is 5.74. The summed E-state index contributed by atoms with van der Waals surface area (Å²) >= 11 is 0. The molecule has 1 fully saturated rings. The first-order chi connectivity index (χ1) is 20.5. The smallest absolute Gasteiger partial charge is 0.311 e. The molecule has 1 aliphatic heterocycles. The molecule has 0 bridgehead atoms. The van der Waals surface area contributed by atoms with Crippen LogP contribution in [0, 0.1) is 11.8 Å². The number of carbonyl (C=O) groups excluding carboxylic acids is 2. The Labute approximate surface area is 261 Å². The molecule has 0 aromatic rings. The van der Waals surface area contributed by atoms with Crippen LogP contribution >= 0.6 is 0 Å². The van der Waals surface area contributed by atoms with Gasteiger partial charge in [0.1, 0.15) is 6.10 Å². The van der Waals surface area contributed by atoms with Crippen molar-refractivity contribution < 1.29 is 19.1 Å². The van der Waals surface area contributed by atoms with Gasteiger partial charge in [0.2, 0.25) is 0 Å². The van der Waals surface area contributed by atoms with Gasteiger partial charge in [-0.2, -0.15) is 0 Å². The number of unbranched alkanes of at least 4 members (excludes halogenated alkanes) is 16. The maximum absolute atomic E-state index is 12.6. The second kappa shape index (κ2) is 27.4. The quantitative estimate of drug-likeness (QED) is 0.0612. The number of hydrogen-bond donors (Lipinski definition) is 0. The minimum Gasteiger partial charge on any atom is -0.465 e. The van der Waals surface area contributed by atoms with Gasteiger partial charge >= 0.3 is 11.9 Å². The normalized spacial score (nSPS) is 15.3. The molecule has 1 saturated heterocycles. The van der Waals surface area contributed by atoms with Crippen LogP contribution in [-0.4, -0.2) is 49.7 Å². The third-order valence-electron chi connectivity index (χ3n) is 9.13. The molecule has 0 radical (unpaired) electrons. The fourth-order valence-electron chi connectivity index (χ4n) is 6.17. The van der Waals surface area contributed by atoms with Gasteiger partial charge in [-0.25, -0.2) is 0 Å². The van der Waals surface area contributed by atoms with Crippen molar-refractivity contribution in [3.63, 3.8) is 0 Å². The Morgan fingerprint density at radius 1 is 0.619 bits per heavy atom. The van der Waals surface area contributed by atoms with Crippen LogP contribution in [0.3, 0.4) is 0 Å². The Morgan fingerprint density at radius 3 is 1.62 bits per heavy atom. The molecule has 0 N–H and O–H groups in total. The van der Waals surface area contributed by atoms with E-state index in [1.165, 1.54) is 122 Å². The third-order valence-corrected chi connectivity index (χ3v) is 9.13. The lowest BCUT2D eigenvalue weighted by Crippen LogP contribution is -2.49. The van der Waals surface area contributed by atoms with Crippen molar-refractivity contribution in [2.24, 2.45) is 11.8 Å². The maximum atomic E-state index is 12.6. The first-order valence-electron chi connectivity index (χ1n) is 18.5. The van der Waals surface area contributed by atoms with E-state index in [0.29, 0.717) is 18.9 Å². The first kappa shape index (κ1) is 38.9. The Kier molecular flexibility index (Phi) is 25.4. The van der Waals surface area contributed by atoms with Gasteiger partial charge in [-0.1, -0.05) is 130 Å². The van der Waals surface area contributed by atoms with E-state index in [4.69, 9.17) is 9.47 Å². The predicted octanol–water partition coefficient (Wildman–Crippen LogP) is 10.4. The van der Waals surface area contributed by atoms with Gasteiger partial charge in [-0.15, -0.1) is 0 Å². The summed E-state index contributed by atoms with van der Waals surface area (Å²) in [4.78, 5) is 27.1. The van der Waals surface area contributed by atoms with Gasteiger partial charge in [-0.05, 0) is 57.9 Å². The molecule has 0 aliphatic carbocycles. The Morgan fingerprint density at radius 2 is 1.07 bits per heavy atom. The average Bonchev–Trinajstić information content (AvgIpc) is 2.96. The Balaban J connectivity index is 2.17. The summed E-state index contributed by atoms with van der Waals surface area (Å²) in [5.74, 6) is 0.640. The molecule has 1 heterocycles. The largest absolute Gasteiger partial charge is 0.465 e. The lowest BCUT2D eigenvalue weighted by atomic mass is 9.96. The van der Waals surface area contributed by atoms with Crippen LogP contribution in [0.25, 0.3) is 0 Å². The number of rotatable bonds is 30. The molecule has 0 aromatic heterocycles. The lowest BCUT2D eigenvalue weighted by Gasteiger charge is -2.35. The molecule has 5 nitrogen and oxygen atoms in total. The van der Waals surface area contributed by atoms with Crippen LogP contribution in [0.1, 0.15) is 181 Å². The lowest BCUT2D eigenvalue weighted by molar-refractivity contribution is -0.160. The molecule has 0 aromatic carbocycles. The summed E-state index contributed by atoms with van der Waals surface area (Å²) < 4.78 is 11.7. The highest BCUT2D eigenvalue weighted by Gasteiger charge is 2.32. The molecule has 1 rings (SSSR count). The first-order valence-corrected chi connectivity index (χ1v) is 18.5. The van der Waals surface area contributed by atoms with Crippen molar-refractivity contribution in [2.45, 2.75) is 187 Å². The Hall–Kier alpha value is -1.10. The number of carbonyl (C=O) groups is 2. The molecule has 0 amide bonds. The molecule has 42 heavy (non-hydrogen) atoms. The van der Waals surface area contributed by atoms with E-state index in [-0.39, 0.29) is 24.0 Å². The van der Waals surface area contributed by atoms with Crippen LogP contribution in [0.5, 0.6) is 0 Å². The number of esters is 2. The van der Waals surface area contributed by atoms with Gasteiger partial charge in [0.05, 0.1) is 12.5 Å². The summed E-state index contributed by atoms with van der Waals surface area (Å²) in [5, 5.41) is 0. The van der Waals surface area contributed by atoms with E-state index in [0.717, 1.165) is 45.2 Å². The van der Waals surface area contributed by atoms with Crippen LogP contribution in [0.15, 0.2) is 0 Å². The topological polar surface area (TPSA) is 55.8 Å². The number of likely N-dealkylation sites (tertiary alicyclic amines) is 1. The fourth-order valence-corrected chi connectivity index (χ4v) is 6.17. The van der Waals surface area contributed by atoms with Crippen molar-refractivity contribution in [2.75, 3.05) is 26.7 Å². The zero-order valence-electron chi connectivity index (χ0n) is 28.6. The van der Waals surface area contributed by atoms with Gasteiger partial charge in [0.15, 0.2) is 0 Å². The van der Waals surface area contributed by atoms with E-state index in [9.17, 15) is 9.59 Å². The number of hydrogen-bond acceptors (Lipinski definition) is 5. The highest BCUT2D eigenvalue weighted by Crippen LogP contribution is 2.22. The number of nitrogens with zero attached hydrogens (tertiary/aromatic N) is 1. The van der Waals surface area contributed by atoms with E-state index >= 15 is 0 Å². The predicted molar refractivity (Wildman–Crippen MR) is 178 cm³/mol. The van der Waals surface area contributed by atoms with E-state index < -0.39 is 0 Å². The third kappa shape index (κ3) is 21.6. The van der Waals surface area contributed by atoms with E-state index in [2.05, 4.69) is 32.7 Å². The molecule has 2 atom stereocenters. The van der Waals surface area contributed by atoms with Gasteiger partial charge in [0.25, 0.3) is 0 Å². The Bertz CT molecular complexity index is 633. The summed E-state index contributed by atoms with van der Waals surface area (Å²) in [7, 11) is 2.06. The average molecular weight is 594 g/mol. The molecule has 5 heteroatoms. The van der Waals surface area contributed by atoms with Gasteiger partial charge in [-0.3, -0.25) is 9.59 Å². The summed E-state index contributed by atoms with van der Waals surface area (Å²) in [6.07, 6.45) is 29.8. The van der Waals surface area contributed by atoms with Gasteiger partial charge in [0, 0.05) is 19.5 Å². The van der Waals surface area contributed by atoms with Crippen LogP contribution in [-0.2, 0) is 19.1 Å². The van der Waals surface area contributed by atoms with Crippen LogP contribution < -0.4 is 0 Å². The maximum Gasteiger partial charge on any atom is 0.311 e. The fraction of sp³-hybridized carbons (Fsp3) is 0.946. The summed E-state index contributed by atoms with van der Waals surface area (Å²) in [6, 6.07) is 0. The number of ether oxygens (including phenoxy) is 2. The summed E-state index contributed by atoms with van der Waals surface area (Å²) in [6.45, 7) is 9.06. The molecular formula is C37H71NO4. The molecule has 2 unspecified atom stereocenters. The molecule has 1 aliphatic rings.